The van der Waals surface area contributed by atoms with Crippen LogP contribution in [0.5, 0.6) is 0 Å². The quantitative estimate of drug-likeness (QED) is 0.725. The molecule has 1 aromatic heterocycles. The van der Waals surface area contributed by atoms with E-state index in [4.69, 9.17) is 0 Å². The highest BCUT2D eigenvalue weighted by molar-refractivity contribution is 9.10. The van der Waals surface area contributed by atoms with Gasteiger partial charge in [0.25, 0.3) is 0 Å². The lowest BCUT2D eigenvalue weighted by Gasteiger charge is -1.97. The zero-order valence-electron chi connectivity index (χ0n) is 6.75. The Labute approximate surface area is 78.9 Å². The summed E-state index contributed by atoms with van der Waals surface area (Å²) in [5.41, 5.74) is 1.80. The van der Waals surface area contributed by atoms with Gasteiger partial charge in [0.05, 0.1) is 11.3 Å². The first-order chi connectivity index (χ1) is 5.74. The third kappa shape index (κ3) is 1.10. The maximum atomic E-state index is 10.7. The Bertz CT molecular complexity index is 328. The van der Waals surface area contributed by atoms with Gasteiger partial charge in [-0.3, -0.25) is 9.48 Å². The summed E-state index contributed by atoms with van der Waals surface area (Å²) in [6, 6.07) is 0. The SMILES string of the molecule is Cn1nc(Br)c(C=O)c1C1CC1. The lowest BCUT2D eigenvalue weighted by atomic mass is 10.2. The van der Waals surface area contributed by atoms with Crippen LogP contribution in [0.15, 0.2) is 4.60 Å². The molecule has 1 heterocycles. The number of nitrogens with zero attached hydrogens (tertiary/aromatic N) is 2. The molecule has 0 atom stereocenters. The molecule has 0 unspecified atom stereocenters. The van der Waals surface area contributed by atoms with Gasteiger partial charge in [0.2, 0.25) is 0 Å². The maximum Gasteiger partial charge on any atom is 0.154 e. The molecule has 0 radical (unpaired) electrons. The van der Waals surface area contributed by atoms with Crippen LogP contribution in [-0.4, -0.2) is 16.1 Å². The molecule has 0 bridgehead atoms. The number of hydrogen-bond donors (Lipinski definition) is 0. The van der Waals surface area contributed by atoms with Crippen molar-refractivity contribution in [2.75, 3.05) is 0 Å². The molecule has 1 aromatic rings. The summed E-state index contributed by atoms with van der Waals surface area (Å²) in [5, 5.41) is 4.15. The van der Waals surface area contributed by atoms with Gasteiger partial charge in [-0.1, -0.05) is 0 Å². The number of aromatic nitrogens is 2. The Hall–Kier alpha value is -0.640. The first-order valence-corrected chi connectivity index (χ1v) is 4.71. The predicted octanol–water partition coefficient (Wildman–Crippen LogP) is 1.87. The van der Waals surface area contributed by atoms with Crippen LogP contribution in [0.25, 0.3) is 0 Å². The number of carbonyl (C=O) groups excluding carboxylic acids is 1. The van der Waals surface area contributed by atoms with Gasteiger partial charge in [-0.15, -0.1) is 0 Å². The van der Waals surface area contributed by atoms with Crippen LogP contribution in [-0.2, 0) is 7.05 Å². The van der Waals surface area contributed by atoms with Gasteiger partial charge in [-0.2, -0.15) is 5.10 Å². The number of aryl methyl sites for hydroxylation is 1. The number of hydrogen-bond acceptors (Lipinski definition) is 2. The van der Waals surface area contributed by atoms with Crippen molar-refractivity contribution in [3.8, 4) is 0 Å². The topological polar surface area (TPSA) is 34.9 Å². The highest BCUT2D eigenvalue weighted by atomic mass is 79.9. The molecule has 3 nitrogen and oxygen atoms in total. The van der Waals surface area contributed by atoms with Gasteiger partial charge >= 0.3 is 0 Å². The maximum absolute atomic E-state index is 10.7. The molecule has 0 amide bonds. The second-order valence-corrected chi connectivity index (χ2v) is 3.86. The summed E-state index contributed by atoms with van der Waals surface area (Å²) in [6.45, 7) is 0. The number of halogens is 1. The minimum Gasteiger partial charge on any atom is -0.298 e. The van der Waals surface area contributed by atoms with Crippen molar-refractivity contribution in [3.63, 3.8) is 0 Å². The molecule has 0 spiro atoms. The van der Waals surface area contributed by atoms with E-state index in [0.29, 0.717) is 10.5 Å². The van der Waals surface area contributed by atoms with E-state index in [1.807, 2.05) is 7.05 Å². The summed E-state index contributed by atoms with van der Waals surface area (Å²) in [4.78, 5) is 10.7. The molecular formula is C8H9BrN2O. The Kier molecular flexibility index (Phi) is 1.79. The molecule has 1 aliphatic carbocycles. The largest absolute Gasteiger partial charge is 0.298 e. The fourth-order valence-electron chi connectivity index (χ4n) is 1.47. The summed E-state index contributed by atoms with van der Waals surface area (Å²) in [5.74, 6) is 0.564. The smallest absolute Gasteiger partial charge is 0.154 e. The standard InChI is InChI=1S/C8H9BrN2O/c1-11-7(5-2-3-5)6(4-12)8(9)10-11/h4-5H,2-3H2,1H3. The van der Waals surface area contributed by atoms with Gasteiger partial charge in [0.15, 0.2) is 6.29 Å². The lowest BCUT2D eigenvalue weighted by molar-refractivity contribution is 0.112. The van der Waals surface area contributed by atoms with Crippen molar-refractivity contribution in [1.82, 2.24) is 9.78 Å². The van der Waals surface area contributed by atoms with E-state index in [9.17, 15) is 4.79 Å². The van der Waals surface area contributed by atoms with Crippen LogP contribution >= 0.6 is 15.9 Å². The molecule has 2 rings (SSSR count). The van der Waals surface area contributed by atoms with Gasteiger partial charge in [0, 0.05) is 13.0 Å². The Balaban J connectivity index is 2.54. The van der Waals surface area contributed by atoms with Gasteiger partial charge in [0.1, 0.15) is 4.60 Å². The van der Waals surface area contributed by atoms with E-state index in [1.165, 1.54) is 12.8 Å². The Morgan fingerprint density at radius 1 is 1.67 bits per heavy atom. The first-order valence-electron chi connectivity index (χ1n) is 3.91. The van der Waals surface area contributed by atoms with Crippen LogP contribution < -0.4 is 0 Å². The van der Waals surface area contributed by atoms with E-state index in [0.717, 1.165) is 17.5 Å². The Morgan fingerprint density at radius 3 is 2.83 bits per heavy atom. The molecule has 4 heteroatoms. The second-order valence-electron chi connectivity index (χ2n) is 3.11. The summed E-state index contributed by atoms with van der Waals surface area (Å²) in [7, 11) is 1.88. The van der Waals surface area contributed by atoms with Crippen molar-refractivity contribution in [3.05, 3.63) is 15.9 Å². The van der Waals surface area contributed by atoms with E-state index in [1.54, 1.807) is 4.68 Å². The van der Waals surface area contributed by atoms with Gasteiger partial charge in [-0.05, 0) is 28.8 Å². The van der Waals surface area contributed by atoms with Crippen molar-refractivity contribution in [2.24, 2.45) is 7.05 Å². The molecular weight excluding hydrogens is 220 g/mol. The van der Waals surface area contributed by atoms with Crippen LogP contribution in [0, 0.1) is 0 Å². The molecule has 0 N–H and O–H groups in total. The fraction of sp³-hybridized carbons (Fsp3) is 0.500. The summed E-state index contributed by atoms with van der Waals surface area (Å²) < 4.78 is 2.47. The van der Waals surface area contributed by atoms with E-state index < -0.39 is 0 Å². The molecule has 1 fully saturated rings. The monoisotopic (exact) mass is 228 g/mol. The number of aldehydes is 1. The van der Waals surface area contributed by atoms with Crippen LogP contribution in [0.2, 0.25) is 0 Å². The summed E-state index contributed by atoms with van der Waals surface area (Å²) in [6.07, 6.45) is 3.25. The van der Waals surface area contributed by atoms with Crippen molar-refractivity contribution in [2.45, 2.75) is 18.8 Å². The average Bonchev–Trinajstić information content (AvgIpc) is 2.78. The normalized spacial score (nSPS) is 16.5. The lowest BCUT2D eigenvalue weighted by Crippen LogP contribution is -1.97. The van der Waals surface area contributed by atoms with Crippen molar-refractivity contribution < 1.29 is 4.79 Å². The van der Waals surface area contributed by atoms with Crippen molar-refractivity contribution in [1.29, 1.82) is 0 Å². The number of carbonyl (C=O) groups is 1. The minimum absolute atomic E-state index is 0.564. The molecule has 12 heavy (non-hydrogen) atoms. The first kappa shape index (κ1) is 7.98. The molecule has 0 saturated heterocycles. The minimum atomic E-state index is 0.564. The highest BCUT2D eigenvalue weighted by Crippen LogP contribution is 2.42. The average molecular weight is 229 g/mol. The molecule has 1 aliphatic rings. The van der Waals surface area contributed by atoms with E-state index >= 15 is 0 Å². The molecule has 64 valence electrons. The van der Waals surface area contributed by atoms with Gasteiger partial charge < -0.3 is 0 Å². The van der Waals surface area contributed by atoms with Crippen LogP contribution in [0.4, 0.5) is 0 Å². The van der Waals surface area contributed by atoms with E-state index in [2.05, 4.69) is 21.0 Å². The molecule has 1 saturated carbocycles. The Morgan fingerprint density at radius 2 is 2.33 bits per heavy atom. The van der Waals surface area contributed by atoms with E-state index in [-0.39, 0.29) is 0 Å². The zero-order chi connectivity index (χ0) is 8.72. The molecule has 0 aromatic carbocycles. The number of rotatable bonds is 2. The molecule has 0 aliphatic heterocycles. The van der Waals surface area contributed by atoms with Crippen molar-refractivity contribution >= 4 is 22.2 Å². The predicted molar refractivity (Wildman–Crippen MR) is 48.3 cm³/mol. The zero-order valence-corrected chi connectivity index (χ0v) is 8.34. The third-order valence-corrected chi connectivity index (χ3v) is 2.75. The highest BCUT2D eigenvalue weighted by Gasteiger charge is 2.30. The fourth-order valence-corrected chi connectivity index (χ4v) is 2.00. The van der Waals surface area contributed by atoms with Crippen LogP contribution in [0.1, 0.15) is 34.8 Å². The van der Waals surface area contributed by atoms with Crippen LogP contribution in [0.3, 0.4) is 0 Å². The summed E-state index contributed by atoms with van der Waals surface area (Å²) >= 11 is 3.26. The third-order valence-electron chi connectivity index (χ3n) is 2.17. The van der Waals surface area contributed by atoms with Gasteiger partial charge in [-0.25, -0.2) is 0 Å². The second kappa shape index (κ2) is 2.69.